The van der Waals surface area contributed by atoms with E-state index in [1.165, 1.54) is 19.1 Å². The number of rotatable bonds is 8. The van der Waals surface area contributed by atoms with Crippen LogP contribution in [0.4, 0.5) is 25.0 Å². The SMILES string of the molecule is C/N=C\C1(N2C(=O)N(c3c(F)c(OC)cc(OC)c3F)Cc3cnc(/C(=C/NC)C(C)=N)cc32)CC1. The largest absolute Gasteiger partial charge is 0.493 e. The minimum Gasteiger partial charge on any atom is -0.493 e. The number of carbonyl (C=O) groups excluding carboxylic acids is 1. The fourth-order valence-electron chi connectivity index (χ4n) is 4.42. The first kappa shape index (κ1) is 25.1. The van der Waals surface area contributed by atoms with E-state index in [1.807, 2.05) is 0 Å². The predicted octanol–water partition coefficient (Wildman–Crippen LogP) is 4.16. The average molecular weight is 499 g/mol. The summed E-state index contributed by atoms with van der Waals surface area (Å²) >= 11 is 0. The molecule has 1 saturated carbocycles. The number of hydrogen-bond acceptors (Lipinski definition) is 7. The maximum Gasteiger partial charge on any atom is 0.330 e. The van der Waals surface area contributed by atoms with Gasteiger partial charge in [0.1, 0.15) is 5.69 Å². The highest BCUT2D eigenvalue weighted by Gasteiger charge is 2.53. The van der Waals surface area contributed by atoms with E-state index in [4.69, 9.17) is 14.9 Å². The molecule has 36 heavy (non-hydrogen) atoms. The standard InChI is InChI=1S/C25H28F2N6O3/c1-14(28)16(11-29-2)17-8-18-15(10-31-17)12-32(24(34)33(18)25(6-7-25)13-30-3)23-21(26)19(35-4)9-20(36-5)22(23)27/h8-11,13,28-29H,6-7,12H2,1-5H3/b16-11+,28-14?,30-13-. The summed E-state index contributed by atoms with van der Waals surface area (Å²) in [6.45, 7) is 1.51. The Morgan fingerprint density at radius 3 is 2.36 bits per heavy atom. The first-order valence-corrected chi connectivity index (χ1v) is 11.3. The quantitative estimate of drug-likeness (QED) is 0.532. The van der Waals surface area contributed by atoms with Crippen molar-refractivity contribution in [3.8, 4) is 11.5 Å². The van der Waals surface area contributed by atoms with E-state index in [0.717, 1.165) is 11.0 Å². The normalized spacial score (nSPS) is 16.8. The van der Waals surface area contributed by atoms with E-state index in [0.29, 0.717) is 35.4 Å². The summed E-state index contributed by atoms with van der Waals surface area (Å²) in [7, 11) is 5.84. The smallest absolute Gasteiger partial charge is 0.330 e. The fraction of sp³-hybridized carbons (Fsp3) is 0.360. The van der Waals surface area contributed by atoms with Gasteiger partial charge in [-0.1, -0.05) is 0 Å². The van der Waals surface area contributed by atoms with Crippen molar-refractivity contribution in [1.29, 1.82) is 5.41 Å². The number of fused-ring (bicyclic) bond motifs is 1. The van der Waals surface area contributed by atoms with Gasteiger partial charge in [-0.25, -0.2) is 13.6 Å². The zero-order valence-corrected chi connectivity index (χ0v) is 20.8. The van der Waals surface area contributed by atoms with Crippen LogP contribution in [0.3, 0.4) is 0 Å². The molecule has 0 atom stereocenters. The van der Waals surface area contributed by atoms with Crippen molar-refractivity contribution in [2.75, 3.05) is 38.1 Å². The Bertz CT molecular complexity index is 1260. The predicted molar refractivity (Wildman–Crippen MR) is 135 cm³/mol. The van der Waals surface area contributed by atoms with Crippen LogP contribution in [0.2, 0.25) is 0 Å². The molecule has 1 fully saturated rings. The highest BCUT2D eigenvalue weighted by atomic mass is 19.1. The van der Waals surface area contributed by atoms with Crippen LogP contribution >= 0.6 is 0 Å². The molecule has 2 N–H and O–H groups in total. The number of benzene rings is 1. The molecule has 0 bridgehead atoms. The number of urea groups is 1. The molecular formula is C25H28F2N6O3. The molecule has 1 aromatic carbocycles. The van der Waals surface area contributed by atoms with Crippen molar-refractivity contribution in [2.45, 2.75) is 31.8 Å². The number of nitrogens with one attached hydrogen (secondary N) is 2. The fourth-order valence-corrected chi connectivity index (χ4v) is 4.42. The second-order valence-corrected chi connectivity index (χ2v) is 8.62. The van der Waals surface area contributed by atoms with Gasteiger partial charge in [-0.3, -0.25) is 19.8 Å². The lowest BCUT2D eigenvalue weighted by Gasteiger charge is -2.40. The lowest BCUT2D eigenvalue weighted by molar-refractivity contribution is 0.248. The summed E-state index contributed by atoms with van der Waals surface area (Å²) in [5.74, 6) is -2.52. The van der Waals surface area contributed by atoms with Crippen LogP contribution < -0.4 is 24.6 Å². The number of anilines is 2. The molecule has 4 rings (SSSR count). The Kier molecular flexibility index (Phi) is 6.66. The number of pyridine rings is 1. The number of carbonyl (C=O) groups is 1. The molecule has 0 saturated heterocycles. The van der Waals surface area contributed by atoms with Crippen LogP contribution in [0.25, 0.3) is 5.57 Å². The van der Waals surface area contributed by atoms with Gasteiger partial charge in [-0.05, 0) is 25.8 Å². The Labute approximate surface area is 207 Å². The number of amides is 2. The Balaban J connectivity index is 1.93. The van der Waals surface area contributed by atoms with Gasteiger partial charge in [0.2, 0.25) is 0 Å². The highest BCUT2D eigenvalue weighted by molar-refractivity contribution is 6.21. The molecule has 1 aliphatic carbocycles. The summed E-state index contributed by atoms with van der Waals surface area (Å²) in [5.41, 5.74) is 1.17. The number of aromatic nitrogens is 1. The van der Waals surface area contributed by atoms with Gasteiger partial charge in [0.25, 0.3) is 0 Å². The number of allylic oxidation sites excluding steroid dienone is 1. The maximum atomic E-state index is 15.4. The minimum absolute atomic E-state index is 0.129. The molecule has 2 heterocycles. The summed E-state index contributed by atoms with van der Waals surface area (Å²) in [6.07, 6.45) is 6.18. The molecule has 0 radical (unpaired) electrons. The molecule has 2 amide bonds. The van der Waals surface area contributed by atoms with Gasteiger partial charge >= 0.3 is 6.03 Å². The molecule has 11 heteroatoms. The zero-order valence-electron chi connectivity index (χ0n) is 20.8. The van der Waals surface area contributed by atoms with Crippen molar-refractivity contribution in [1.82, 2.24) is 10.3 Å². The van der Waals surface area contributed by atoms with Gasteiger partial charge in [-0.15, -0.1) is 0 Å². The van der Waals surface area contributed by atoms with Crippen molar-refractivity contribution in [3.63, 3.8) is 0 Å². The zero-order chi connectivity index (χ0) is 26.2. The second kappa shape index (κ2) is 9.56. The second-order valence-electron chi connectivity index (χ2n) is 8.62. The van der Waals surface area contributed by atoms with E-state index in [1.54, 1.807) is 45.7 Å². The first-order valence-electron chi connectivity index (χ1n) is 11.3. The van der Waals surface area contributed by atoms with Gasteiger partial charge < -0.3 is 20.2 Å². The van der Waals surface area contributed by atoms with Crippen molar-refractivity contribution >= 4 is 34.9 Å². The van der Waals surface area contributed by atoms with Crippen molar-refractivity contribution in [2.24, 2.45) is 4.99 Å². The number of aliphatic imine (C=N–C) groups is 1. The monoisotopic (exact) mass is 498 g/mol. The number of halogens is 2. The van der Waals surface area contributed by atoms with E-state index < -0.39 is 28.9 Å². The minimum atomic E-state index is -1.01. The molecule has 2 aliphatic rings. The topological polar surface area (TPSA) is 103 Å². The third-order valence-corrected chi connectivity index (χ3v) is 6.32. The molecule has 9 nitrogen and oxygen atoms in total. The van der Waals surface area contributed by atoms with Gasteiger partial charge in [0.05, 0.1) is 37.7 Å². The van der Waals surface area contributed by atoms with E-state index >= 15 is 8.78 Å². The van der Waals surface area contributed by atoms with Crippen molar-refractivity contribution < 1.29 is 23.0 Å². The van der Waals surface area contributed by atoms with Crippen molar-refractivity contribution in [3.05, 3.63) is 47.4 Å². The van der Waals surface area contributed by atoms with Crippen LogP contribution in [0, 0.1) is 17.0 Å². The summed E-state index contributed by atoms with van der Waals surface area (Å²) in [5, 5.41) is 11.0. The average Bonchev–Trinajstić information content (AvgIpc) is 3.63. The molecule has 1 aromatic heterocycles. The molecular weight excluding hydrogens is 470 g/mol. The lowest BCUT2D eigenvalue weighted by Crippen LogP contribution is -2.54. The van der Waals surface area contributed by atoms with Crippen LogP contribution in [-0.4, -0.2) is 56.8 Å². The number of methoxy groups -OCH3 is 2. The van der Waals surface area contributed by atoms with Crippen LogP contribution in [0.5, 0.6) is 11.5 Å². The molecule has 0 unspecified atom stereocenters. The Morgan fingerprint density at radius 2 is 1.86 bits per heavy atom. The first-order chi connectivity index (χ1) is 17.2. The summed E-state index contributed by atoms with van der Waals surface area (Å²) in [6, 6.07) is 2.22. The van der Waals surface area contributed by atoms with Crippen LogP contribution in [0.1, 0.15) is 31.0 Å². The Morgan fingerprint density at radius 1 is 1.22 bits per heavy atom. The lowest BCUT2D eigenvalue weighted by atomic mass is 10.0. The summed E-state index contributed by atoms with van der Waals surface area (Å²) < 4.78 is 40.9. The molecule has 190 valence electrons. The van der Waals surface area contributed by atoms with Gasteiger partial charge in [-0.2, -0.15) is 0 Å². The molecule has 2 aromatic rings. The van der Waals surface area contributed by atoms with E-state index in [9.17, 15) is 4.79 Å². The number of ether oxygens (including phenoxy) is 2. The van der Waals surface area contributed by atoms with Gasteiger partial charge in [0, 0.05) is 55.6 Å². The van der Waals surface area contributed by atoms with Crippen LogP contribution in [0.15, 0.2) is 29.5 Å². The van der Waals surface area contributed by atoms with E-state index in [-0.39, 0.29) is 23.8 Å². The van der Waals surface area contributed by atoms with Gasteiger partial charge in [0.15, 0.2) is 23.1 Å². The van der Waals surface area contributed by atoms with E-state index in [2.05, 4.69) is 15.3 Å². The Hall–Kier alpha value is -4.02. The highest BCUT2D eigenvalue weighted by Crippen LogP contribution is 2.48. The van der Waals surface area contributed by atoms with Crippen LogP contribution in [-0.2, 0) is 6.54 Å². The third-order valence-electron chi connectivity index (χ3n) is 6.32. The molecule has 0 spiro atoms. The number of nitrogens with zero attached hydrogens (tertiary/aromatic N) is 4. The molecule has 1 aliphatic heterocycles. The maximum absolute atomic E-state index is 15.4. The summed E-state index contributed by atoms with van der Waals surface area (Å²) in [4.78, 5) is 25.2. The number of hydrogen-bond donors (Lipinski definition) is 2. The third kappa shape index (κ3) is 4.04.